The molecule has 0 bridgehead atoms. The van der Waals surface area contributed by atoms with E-state index in [2.05, 4.69) is 26.5 Å². The zero-order valence-electron chi connectivity index (χ0n) is 16.8. The Morgan fingerprint density at radius 2 is 1.94 bits per heavy atom. The van der Waals surface area contributed by atoms with Gasteiger partial charge in [0.25, 0.3) is 11.6 Å². The second-order valence-electron chi connectivity index (χ2n) is 6.55. The van der Waals surface area contributed by atoms with Gasteiger partial charge in [-0.1, -0.05) is 23.7 Å². The minimum Gasteiger partial charge on any atom is -0.488 e. The second-order valence-corrected chi connectivity index (χ2v) is 7.85. The van der Waals surface area contributed by atoms with E-state index in [4.69, 9.17) is 21.1 Å². The number of rotatable bonds is 9. The summed E-state index contributed by atoms with van der Waals surface area (Å²) in [5.74, 6) is -0.271. The van der Waals surface area contributed by atoms with Crippen LogP contribution >= 0.6 is 27.5 Å². The third kappa shape index (κ3) is 7.26. The van der Waals surface area contributed by atoms with Gasteiger partial charge in [-0.15, -0.1) is 0 Å². The number of carbonyl (C=O) groups excluding carboxylic acids is 1. The van der Waals surface area contributed by atoms with E-state index in [1.807, 2.05) is 0 Å². The normalized spacial score (nSPS) is 10.8. The van der Waals surface area contributed by atoms with Gasteiger partial charge in [0, 0.05) is 22.7 Å². The van der Waals surface area contributed by atoms with Crippen molar-refractivity contribution in [1.29, 1.82) is 0 Å². The van der Waals surface area contributed by atoms with Gasteiger partial charge in [0.2, 0.25) is 0 Å². The maximum Gasteiger partial charge on any atom is 0.277 e. The van der Waals surface area contributed by atoms with Crippen molar-refractivity contribution in [1.82, 2.24) is 5.43 Å². The van der Waals surface area contributed by atoms with Gasteiger partial charge in [-0.2, -0.15) is 5.10 Å². The number of halogens is 3. The Kier molecular flexibility index (Phi) is 8.34. The Morgan fingerprint density at radius 3 is 2.67 bits per heavy atom. The highest BCUT2D eigenvalue weighted by Crippen LogP contribution is 2.28. The monoisotopic (exact) mass is 535 g/mol. The van der Waals surface area contributed by atoms with Gasteiger partial charge in [-0.3, -0.25) is 14.9 Å². The number of hydrogen-bond acceptors (Lipinski definition) is 6. The Hall–Kier alpha value is -3.50. The van der Waals surface area contributed by atoms with Crippen LogP contribution in [0.25, 0.3) is 0 Å². The molecule has 0 spiro atoms. The van der Waals surface area contributed by atoms with E-state index in [1.54, 1.807) is 30.3 Å². The van der Waals surface area contributed by atoms with Crippen molar-refractivity contribution in [2.75, 3.05) is 6.61 Å². The van der Waals surface area contributed by atoms with Crippen LogP contribution in [0.5, 0.6) is 11.5 Å². The molecule has 33 heavy (non-hydrogen) atoms. The summed E-state index contributed by atoms with van der Waals surface area (Å²) in [5, 5.41) is 15.4. The number of hydrazone groups is 1. The fourth-order valence-electron chi connectivity index (χ4n) is 2.61. The summed E-state index contributed by atoms with van der Waals surface area (Å²) in [4.78, 5) is 22.6. The first-order valence-corrected chi connectivity index (χ1v) is 10.5. The van der Waals surface area contributed by atoms with Crippen molar-refractivity contribution >= 4 is 45.3 Å². The van der Waals surface area contributed by atoms with Crippen LogP contribution in [0.2, 0.25) is 5.02 Å². The third-order valence-corrected chi connectivity index (χ3v) is 4.99. The topological polar surface area (TPSA) is 103 Å². The molecule has 0 aromatic heterocycles. The molecule has 3 rings (SSSR count). The molecule has 11 heteroatoms. The number of amides is 1. The molecular weight excluding hydrogens is 521 g/mol. The first kappa shape index (κ1) is 24.1. The highest BCUT2D eigenvalue weighted by atomic mass is 79.9. The SMILES string of the molecule is O=C(COc1ccc(Cl)cc1Br)N/N=C\c1cc([N+](=O)[O-])ccc1OCc1cccc(F)c1. The van der Waals surface area contributed by atoms with Crippen LogP contribution in [0.1, 0.15) is 11.1 Å². The number of benzene rings is 3. The molecule has 8 nitrogen and oxygen atoms in total. The summed E-state index contributed by atoms with van der Waals surface area (Å²) in [7, 11) is 0. The molecule has 1 N–H and O–H groups in total. The van der Waals surface area contributed by atoms with Crippen LogP contribution in [0.15, 0.2) is 70.2 Å². The van der Waals surface area contributed by atoms with Gasteiger partial charge in [0.15, 0.2) is 6.61 Å². The third-order valence-electron chi connectivity index (χ3n) is 4.13. The lowest BCUT2D eigenvalue weighted by Gasteiger charge is -2.09. The van der Waals surface area contributed by atoms with Crippen LogP contribution in [0, 0.1) is 15.9 Å². The zero-order chi connectivity index (χ0) is 23.8. The van der Waals surface area contributed by atoms with Crippen molar-refractivity contribution in [3.05, 3.63) is 97.2 Å². The van der Waals surface area contributed by atoms with Crippen LogP contribution in [0.3, 0.4) is 0 Å². The lowest BCUT2D eigenvalue weighted by atomic mass is 10.2. The van der Waals surface area contributed by atoms with E-state index >= 15 is 0 Å². The van der Waals surface area contributed by atoms with Crippen LogP contribution in [-0.2, 0) is 11.4 Å². The minimum absolute atomic E-state index is 0.0343. The second kappa shape index (κ2) is 11.4. The maximum atomic E-state index is 13.4. The minimum atomic E-state index is -0.565. The van der Waals surface area contributed by atoms with Crippen molar-refractivity contribution in [3.8, 4) is 11.5 Å². The number of nitro benzene ring substituents is 1. The Labute approximate surface area is 201 Å². The molecule has 3 aromatic carbocycles. The maximum absolute atomic E-state index is 13.4. The molecule has 1 amide bonds. The van der Waals surface area contributed by atoms with Gasteiger partial charge < -0.3 is 9.47 Å². The molecule has 0 fully saturated rings. The average Bonchev–Trinajstić information content (AvgIpc) is 2.77. The van der Waals surface area contributed by atoms with Crippen molar-refractivity contribution in [2.45, 2.75) is 6.61 Å². The fourth-order valence-corrected chi connectivity index (χ4v) is 3.41. The molecule has 0 aliphatic carbocycles. The quantitative estimate of drug-likeness (QED) is 0.228. The molecule has 0 radical (unpaired) electrons. The fraction of sp³-hybridized carbons (Fsp3) is 0.0909. The van der Waals surface area contributed by atoms with E-state index in [-0.39, 0.29) is 30.2 Å². The van der Waals surface area contributed by atoms with Crippen molar-refractivity contribution < 1.29 is 23.6 Å². The molecular formula is C22H16BrClFN3O5. The smallest absolute Gasteiger partial charge is 0.277 e. The molecule has 3 aromatic rings. The van der Waals surface area contributed by atoms with Gasteiger partial charge in [0.1, 0.15) is 23.9 Å². The Bertz CT molecular complexity index is 1210. The summed E-state index contributed by atoms with van der Waals surface area (Å²) in [6.07, 6.45) is 1.21. The van der Waals surface area contributed by atoms with Gasteiger partial charge in [0.05, 0.1) is 15.6 Å². The van der Waals surface area contributed by atoms with Crippen LogP contribution < -0.4 is 14.9 Å². The number of nitrogens with zero attached hydrogens (tertiary/aromatic N) is 2. The summed E-state index contributed by atoms with van der Waals surface area (Å²) >= 11 is 9.14. The highest BCUT2D eigenvalue weighted by molar-refractivity contribution is 9.10. The van der Waals surface area contributed by atoms with E-state index in [1.165, 1.54) is 36.5 Å². The molecule has 0 aliphatic heterocycles. The van der Waals surface area contributed by atoms with E-state index in [0.717, 1.165) is 0 Å². The Morgan fingerprint density at radius 1 is 1.15 bits per heavy atom. The van der Waals surface area contributed by atoms with E-state index < -0.39 is 16.6 Å². The molecule has 170 valence electrons. The number of nitrogens with one attached hydrogen (secondary N) is 1. The largest absolute Gasteiger partial charge is 0.488 e. The average molecular weight is 537 g/mol. The van der Waals surface area contributed by atoms with Crippen LogP contribution in [0.4, 0.5) is 10.1 Å². The predicted molar refractivity (Wildman–Crippen MR) is 124 cm³/mol. The summed E-state index contributed by atoms with van der Waals surface area (Å²) in [6.45, 7) is -0.290. The number of hydrogen-bond donors (Lipinski definition) is 1. The zero-order valence-corrected chi connectivity index (χ0v) is 19.2. The van der Waals surface area contributed by atoms with Crippen LogP contribution in [-0.4, -0.2) is 23.7 Å². The first-order chi connectivity index (χ1) is 15.8. The van der Waals surface area contributed by atoms with Crippen molar-refractivity contribution in [2.24, 2.45) is 5.10 Å². The molecule has 0 heterocycles. The van der Waals surface area contributed by atoms with Gasteiger partial charge in [-0.05, 0) is 57.9 Å². The molecule has 0 unspecified atom stereocenters. The summed E-state index contributed by atoms with van der Waals surface area (Å²) < 4.78 is 25.0. The predicted octanol–water partition coefficient (Wildman–Crippen LogP) is 5.26. The van der Waals surface area contributed by atoms with Crippen molar-refractivity contribution in [3.63, 3.8) is 0 Å². The summed E-state index contributed by atoms with van der Waals surface area (Å²) in [5.41, 5.74) is 2.93. The standard InChI is InChI=1S/C22H16BrClFN3O5/c23-19-10-16(24)4-6-21(19)33-13-22(29)27-26-11-15-9-18(28(30)31)5-7-20(15)32-12-14-2-1-3-17(25)8-14/h1-11H,12-13H2,(H,27,29)/b26-11-. The lowest BCUT2D eigenvalue weighted by Crippen LogP contribution is -2.24. The number of carbonyl (C=O) groups is 1. The lowest BCUT2D eigenvalue weighted by molar-refractivity contribution is -0.384. The van der Waals surface area contributed by atoms with E-state index in [0.29, 0.717) is 20.8 Å². The number of ether oxygens (including phenoxy) is 2. The van der Waals surface area contributed by atoms with Gasteiger partial charge >= 0.3 is 0 Å². The summed E-state index contributed by atoms with van der Waals surface area (Å²) in [6, 6.07) is 14.6. The first-order valence-electron chi connectivity index (χ1n) is 9.37. The van der Waals surface area contributed by atoms with Gasteiger partial charge in [-0.25, -0.2) is 9.82 Å². The molecule has 0 saturated carbocycles. The number of nitro groups is 1. The number of non-ortho nitro benzene ring substituents is 1. The highest BCUT2D eigenvalue weighted by Gasteiger charge is 2.12. The molecule has 0 atom stereocenters. The molecule has 0 saturated heterocycles. The Balaban J connectivity index is 1.65. The molecule has 0 aliphatic rings. The van der Waals surface area contributed by atoms with E-state index in [9.17, 15) is 19.3 Å².